The molecule has 1 fully saturated rings. The monoisotopic (exact) mass is 285 g/mol. The zero-order chi connectivity index (χ0) is 11.5. The Kier molecular flexibility index (Phi) is 4.03. The largest absolute Gasteiger partial charge is 0.297 e. The van der Waals surface area contributed by atoms with Crippen LogP contribution < -0.4 is 0 Å². The molecule has 1 saturated heterocycles. The van der Waals surface area contributed by atoms with Crippen molar-refractivity contribution in [1.82, 2.24) is 14.7 Å². The van der Waals surface area contributed by atoms with E-state index in [0.29, 0.717) is 0 Å². The second-order valence-corrected chi connectivity index (χ2v) is 5.30. The Hall–Kier alpha value is -0.350. The van der Waals surface area contributed by atoms with Crippen LogP contribution in [0.3, 0.4) is 0 Å². The summed E-state index contributed by atoms with van der Waals surface area (Å²) in [6.45, 7) is 5.65. The summed E-state index contributed by atoms with van der Waals surface area (Å²) in [5.41, 5.74) is 2.54. The molecule has 0 radical (unpaired) electrons. The van der Waals surface area contributed by atoms with E-state index in [1.54, 1.807) is 0 Å². The first-order valence-corrected chi connectivity index (χ1v) is 7.15. The molecule has 1 aliphatic rings. The molecule has 0 amide bonds. The predicted molar refractivity (Wildman–Crippen MR) is 69.8 cm³/mol. The Balaban J connectivity index is 1.96. The van der Waals surface area contributed by atoms with E-state index in [4.69, 9.17) is 0 Å². The molecule has 1 aliphatic heterocycles. The first-order valence-electron chi connectivity index (χ1n) is 6.03. The second kappa shape index (κ2) is 5.32. The fourth-order valence-corrected chi connectivity index (χ4v) is 2.83. The quantitative estimate of drug-likeness (QED) is 0.791. The molecular weight excluding hydrogens is 266 g/mol. The van der Waals surface area contributed by atoms with Gasteiger partial charge in [0, 0.05) is 25.5 Å². The van der Waals surface area contributed by atoms with Gasteiger partial charge in [0.25, 0.3) is 0 Å². The number of nitrogens with zero attached hydrogens (tertiary/aromatic N) is 3. The van der Waals surface area contributed by atoms with Gasteiger partial charge in [0.2, 0.25) is 0 Å². The normalized spacial score (nSPS) is 21.8. The summed E-state index contributed by atoms with van der Waals surface area (Å²) in [7, 11) is 2.05. The Morgan fingerprint density at radius 3 is 2.94 bits per heavy atom. The van der Waals surface area contributed by atoms with Crippen molar-refractivity contribution in [2.24, 2.45) is 13.0 Å². The van der Waals surface area contributed by atoms with Gasteiger partial charge in [-0.25, -0.2) is 0 Å². The van der Waals surface area contributed by atoms with Crippen LogP contribution in [0.4, 0.5) is 0 Å². The van der Waals surface area contributed by atoms with Gasteiger partial charge in [0.05, 0.1) is 11.4 Å². The molecule has 2 heterocycles. The van der Waals surface area contributed by atoms with Crippen molar-refractivity contribution in [3.63, 3.8) is 0 Å². The van der Waals surface area contributed by atoms with Crippen LogP contribution >= 0.6 is 15.9 Å². The van der Waals surface area contributed by atoms with Crippen LogP contribution in [0.25, 0.3) is 0 Å². The van der Waals surface area contributed by atoms with Gasteiger partial charge in [-0.05, 0) is 31.4 Å². The molecular formula is C12H20BrN3. The third-order valence-corrected chi connectivity index (χ3v) is 4.28. The highest BCUT2D eigenvalue weighted by atomic mass is 79.9. The van der Waals surface area contributed by atoms with E-state index < -0.39 is 0 Å². The maximum atomic E-state index is 4.49. The van der Waals surface area contributed by atoms with Crippen LogP contribution in [0.2, 0.25) is 0 Å². The van der Waals surface area contributed by atoms with Crippen LogP contribution in [0, 0.1) is 5.92 Å². The summed E-state index contributed by atoms with van der Waals surface area (Å²) in [6, 6.07) is 2.24. The number of likely N-dealkylation sites (tertiary alicyclic amines) is 1. The molecule has 1 aromatic rings. The molecule has 3 nitrogen and oxygen atoms in total. The average Bonchev–Trinajstić information content (AvgIpc) is 2.87. The zero-order valence-electron chi connectivity index (χ0n) is 10.1. The van der Waals surface area contributed by atoms with Crippen molar-refractivity contribution in [1.29, 1.82) is 0 Å². The minimum atomic E-state index is 0.832. The number of aryl methyl sites for hydroxylation is 2. The lowest BCUT2D eigenvalue weighted by molar-refractivity contribution is 0.312. The first-order chi connectivity index (χ1) is 7.72. The minimum absolute atomic E-state index is 0.832. The van der Waals surface area contributed by atoms with Gasteiger partial charge in [-0.2, -0.15) is 5.10 Å². The summed E-state index contributed by atoms with van der Waals surface area (Å²) in [6.07, 6.45) is 2.35. The lowest BCUT2D eigenvalue weighted by Gasteiger charge is -2.15. The van der Waals surface area contributed by atoms with E-state index in [9.17, 15) is 0 Å². The van der Waals surface area contributed by atoms with Gasteiger partial charge in [-0.3, -0.25) is 9.58 Å². The summed E-state index contributed by atoms with van der Waals surface area (Å²) < 4.78 is 2.03. The molecule has 0 aliphatic carbocycles. The van der Waals surface area contributed by atoms with E-state index in [1.807, 2.05) is 11.7 Å². The molecule has 0 N–H and O–H groups in total. The lowest BCUT2D eigenvalue weighted by atomic mass is 10.2. The number of hydrogen-bond donors (Lipinski definition) is 0. The average molecular weight is 286 g/mol. The van der Waals surface area contributed by atoms with Crippen molar-refractivity contribution < 1.29 is 0 Å². The van der Waals surface area contributed by atoms with Crippen LogP contribution in [-0.2, 0) is 20.0 Å². The number of hydrogen-bond acceptors (Lipinski definition) is 2. The van der Waals surface area contributed by atoms with Crippen molar-refractivity contribution in [2.45, 2.75) is 26.3 Å². The van der Waals surface area contributed by atoms with E-state index in [0.717, 1.165) is 24.2 Å². The summed E-state index contributed by atoms with van der Waals surface area (Å²) in [5.74, 6) is 0.832. The molecule has 90 valence electrons. The maximum absolute atomic E-state index is 4.49. The Morgan fingerprint density at radius 2 is 2.38 bits per heavy atom. The number of alkyl halides is 1. The number of aromatic nitrogens is 2. The van der Waals surface area contributed by atoms with Gasteiger partial charge in [-0.1, -0.05) is 22.9 Å². The fraction of sp³-hybridized carbons (Fsp3) is 0.750. The highest BCUT2D eigenvalue weighted by Gasteiger charge is 2.22. The van der Waals surface area contributed by atoms with Gasteiger partial charge < -0.3 is 0 Å². The number of halogens is 1. The van der Waals surface area contributed by atoms with Crippen molar-refractivity contribution in [3.8, 4) is 0 Å². The van der Waals surface area contributed by atoms with E-state index in [1.165, 1.54) is 30.9 Å². The summed E-state index contributed by atoms with van der Waals surface area (Å²) in [4.78, 5) is 2.53. The molecule has 0 spiro atoms. The molecule has 0 aromatic carbocycles. The fourth-order valence-electron chi connectivity index (χ4n) is 2.30. The Labute approximate surface area is 106 Å². The molecule has 1 aromatic heterocycles. The van der Waals surface area contributed by atoms with Gasteiger partial charge >= 0.3 is 0 Å². The summed E-state index contributed by atoms with van der Waals surface area (Å²) in [5, 5.41) is 5.63. The zero-order valence-corrected chi connectivity index (χ0v) is 11.7. The topological polar surface area (TPSA) is 21.1 Å². The van der Waals surface area contributed by atoms with Crippen molar-refractivity contribution >= 4 is 15.9 Å². The lowest BCUT2D eigenvalue weighted by Crippen LogP contribution is -2.21. The Morgan fingerprint density at radius 1 is 1.56 bits per heavy atom. The third-order valence-electron chi connectivity index (χ3n) is 3.36. The minimum Gasteiger partial charge on any atom is -0.297 e. The maximum Gasteiger partial charge on any atom is 0.0625 e. The molecule has 2 rings (SSSR count). The first kappa shape index (κ1) is 12.1. The smallest absolute Gasteiger partial charge is 0.0625 e. The van der Waals surface area contributed by atoms with Crippen LogP contribution in [0.5, 0.6) is 0 Å². The van der Waals surface area contributed by atoms with E-state index in [-0.39, 0.29) is 0 Å². The molecule has 4 heteroatoms. The molecule has 16 heavy (non-hydrogen) atoms. The number of rotatable bonds is 4. The molecule has 0 bridgehead atoms. The van der Waals surface area contributed by atoms with Gasteiger partial charge in [-0.15, -0.1) is 0 Å². The van der Waals surface area contributed by atoms with Gasteiger partial charge in [0.1, 0.15) is 0 Å². The Bertz CT molecular complexity index is 348. The standard InChI is InChI=1S/C12H20BrN3/c1-3-11-6-12(15(2)14-11)9-16-5-4-10(7-13)8-16/h6,10H,3-5,7-9H2,1-2H3. The molecule has 0 saturated carbocycles. The van der Waals surface area contributed by atoms with Gasteiger partial charge in [0.15, 0.2) is 0 Å². The highest BCUT2D eigenvalue weighted by molar-refractivity contribution is 9.09. The highest BCUT2D eigenvalue weighted by Crippen LogP contribution is 2.20. The van der Waals surface area contributed by atoms with Crippen LogP contribution in [0.1, 0.15) is 24.7 Å². The van der Waals surface area contributed by atoms with Crippen molar-refractivity contribution in [3.05, 3.63) is 17.5 Å². The molecule has 1 unspecified atom stereocenters. The third kappa shape index (κ3) is 2.66. The molecule has 1 atom stereocenters. The van der Waals surface area contributed by atoms with Crippen LogP contribution in [0.15, 0.2) is 6.07 Å². The van der Waals surface area contributed by atoms with Crippen molar-refractivity contribution in [2.75, 3.05) is 18.4 Å². The SMILES string of the molecule is CCc1cc(CN2CCC(CBr)C2)n(C)n1. The van der Waals surface area contributed by atoms with E-state index >= 15 is 0 Å². The predicted octanol–water partition coefficient (Wildman–Crippen LogP) is 2.20. The van der Waals surface area contributed by atoms with Crippen LogP contribution in [-0.4, -0.2) is 33.1 Å². The van der Waals surface area contributed by atoms with E-state index in [2.05, 4.69) is 38.9 Å². The second-order valence-electron chi connectivity index (χ2n) is 4.65. The summed E-state index contributed by atoms with van der Waals surface area (Å²) >= 11 is 3.57.